The van der Waals surface area contributed by atoms with Gasteiger partial charge in [0, 0.05) is 26.4 Å². The summed E-state index contributed by atoms with van der Waals surface area (Å²) in [6.45, 7) is 4.89. The van der Waals surface area contributed by atoms with Crippen LogP contribution in [0.5, 0.6) is 0 Å². The maximum absolute atomic E-state index is 12.5. The fraction of sp³-hybridized carbons (Fsp3) is 0.650. The fourth-order valence-electron chi connectivity index (χ4n) is 3.67. The Labute approximate surface area is 149 Å². The van der Waals surface area contributed by atoms with E-state index in [1.54, 1.807) is 7.11 Å². The van der Waals surface area contributed by atoms with Crippen molar-refractivity contribution in [2.45, 2.75) is 69.7 Å². The number of ether oxygens (including phenoxy) is 4. The molecule has 0 aromatic heterocycles. The molecule has 2 aliphatic heterocycles. The molecule has 25 heavy (non-hydrogen) atoms. The van der Waals surface area contributed by atoms with Crippen LogP contribution >= 0.6 is 0 Å². The van der Waals surface area contributed by atoms with Crippen molar-refractivity contribution in [1.82, 2.24) is 0 Å². The lowest BCUT2D eigenvalue weighted by Crippen LogP contribution is -2.65. The summed E-state index contributed by atoms with van der Waals surface area (Å²) in [5.74, 6) is -2.19. The van der Waals surface area contributed by atoms with E-state index in [2.05, 4.69) is 0 Å². The van der Waals surface area contributed by atoms with Gasteiger partial charge in [0.15, 0.2) is 5.78 Å². The van der Waals surface area contributed by atoms with Gasteiger partial charge in [-0.2, -0.15) is 0 Å². The van der Waals surface area contributed by atoms with Crippen LogP contribution in [-0.4, -0.2) is 36.7 Å². The van der Waals surface area contributed by atoms with Crippen LogP contribution in [0.1, 0.15) is 51.5 Å². The minimum absolute atomic E-state index is 0.0127. The standard InChI is InChI=1S/C20H28O5/c1-18(2,24-15-16-9-5-4-6-10-16)20(22-3)13-11-17(21)19(25-20)12-7-8-14-23-19/h4-6,9-10H,7-8,11-15H2,1-3H3/t19-,20-/m0/s1. The molecule has 5 nitrogen and oxygen atoms in total. The molecule has 0 saturated carbocycles. The zero-order chi connectivity index (χ0) is 18.0. The van der Waals surface area contributed by atoms with Gasteiger partial charge in [0.2, 0.25) is 11.6 Å². The molecule has 2 saturated heterocycles. The van der Waals surface area contributed by atoms with Gasteiger partial charge in [-0.15, -0.1) is 0 Å². The summed E-state index contributed by atoms with van der Waals surface area (Å²) in [6, 6.07) is 9.99. The largest absolute Gasteiger partial charge is 0.365 e. The summed E-state index contributed by atoms with van der Waals surface area (Å²) < 4.78 is 24.2. The highest BCUT2D eigenvalue weighted by molar-refractivity contribution is 5.86. The van der Waals surface area contributed by atoms with Crippen molar-refractivity contribution >= 4 is 5.78 Å². The maximum Gasteiger partial charge on any atom is 0.231 e. The van der Waals surface area contributed by atoms with Gasteiger partial charge in [-0.25, -0.2) is 0 Å². The molecule has 2 atom stereocenters. The van der Waals surface area contributed by atoms with Gasteiger partial charge in [0.25, 0.3) is 0 Å². The smallest absolute Gasteiger partial charge is 0.231 e. The molecular weight excluding hydrogens is 320 g/mol. The monoisotopic (exact) mass is 348 g/mol. The number of rotatable bonds is 5. The van der Waals surface area contributed by atoms with Crippen LogP contribution in [0.4, 0.5) is 0 Å². The van der Waals surface area contributed by atoms with Crippen molar-refractivity contribution in [2.24, 2.45) is 0 Å². The highest BCUT2D eigenvalue weighted by Gasteiger charge is 2.59. The second-order valence-corrected chi connectivity index (χ2v) is 7.33. The summed E-state index contributed by atoms with van der Waals surface area (Å²) in [6.07, 6.45) is 3.26. The van der Waals surface area contributed by atoms with Crippen LogP contribution in [0, 0.1) is 0 Å². The van der Waals surface area contributed by atoms with Crippen molar-refractivity contribution in [3.8, 4) is 0 Å². The molecular formula is C20H28O5. The predicted molar refractivity (Wildman–Crippen MR) is 92.9 cm³/mol. The molecule has 0 radical (unpaired) electrons. The lowest BCUT2D eigenvalue weighted by Gasteiger charge is -2.52. The number of hydrogen-bond donors (Lipinski definition) is 0. The van der Waals surface area contributed by atoms with Crippen LogP contribution in [0.3, 0.4) is 0 Å². The first-order valence-electron chi connectivity index (χ1n) is 9.04. The molecule has 0 bridgehead atoms. The van der Waals surface area contributed by atoms with Gasteiger partial charge >= 0.3 is 0 Å². The number of benzene rings is 1. The van der Waals surface area contributed by atoms with E-state index in [1.165, 1.54) is 0 Å². The molecule has 1 aromatic carbocycles. The molecule has 0 N–H and O–H groups in total. The molecule has 1 spiro atoms. The summed E-state index contributed by atoms with van der Waals surface area (Å²) in [5.41, 5.74) is 0.337. The zero-order valence-corrected chi connectivity index (χ0v) is 15.4. The van der Waals surface area contributed by atoms with Gasteiger partial charge in [-0.05, 0) is 32.3 Å². The van der Waals surface area contributed by atoms with Crippen LogP contribution in [0.2, 0.25) is 0 Å². The Balaban J connectivity index is 1.79. The second kappa shape index (κ2) is 7.16. The average Bonchev–Trinajstić information content (AvgIpc) is 2.64. The van der Waals surface area contributed by atoms with Crippen LogP contribution in [0.15, 0.2) is 30.3 Å². The van der Waals surface area contributed by atoms with Crippen LogP contribution in [-0.2, 0) is 30.3 Å². The van der Waals surface area contributed by atoms with Crippen LogP contribution < -0.4 is 0 Å². The predicted octanol–water partition coefficient (Wildman–Crippen LogP) is 3.60. The Morgan fingerprint density at radius 2 is 1.92 bits per heavy atom. The molecule has 0 aliphatic carbocycles. The van der Waals surface area contributed by atoms with E-state index in [1.807, 2.05) is 44.2 Å². The Morgan fingerprint density at radius 3 is 2.56 bits per heavy atom. The Morgan fingerprint density at radius 1 is 1.16 bits per heavy atom. The number of carbonyl (C=O) groups is 1. The van der Waals surface area contributed by atoms with E-state index in [0.29, 0.717) is 32.5 Å². The van der Waals surface area contributed by atoms with Gasteiger partial charge in [-0.3, -0.25) is 4.79 Å². The Hall–Kier alpha value is -1.27. The quantitative estimate of drug-likeness (QED) is 0.814. The van der Waals surface area contributed by atoms with Crippen molar-refractivity contribution in [3.63, 3.8) is 0 Å². The van der Waals surface area contributed by atoms with Crippen molar-refractivity contribution in [3.05, 3.63) is 35.9 Å². The van der Waals surface area contributed by atoms with E-state index >= 15 is 0 Å². The first-order valence-corrected chi connectivity index (χ1v) is 9.04. The minimum atomic E-state index is -1.18. The summed E-state index contributed by atoms with van der Waals surface area (Å²) in [5, 5.41) is 0. The minimum Gasteiger partial charge on any atom is -0.365 e. The van der Waals surface area contributed by atoms with E-state index < -0.39 is 17.2 Å². The second-order valence-electron chi connectivity index (χ2n) is 7.33. The first kappa shape index (κ1) is 18.5. The number of Topliss-reactive ketones (excluding diaryl/α,β-unsaturated/α-hetero) is 1. The van der Waals surface area contributed by atoms with Gasteiger partial charge in [0.1, 0.15) is 5.60 Å². The number of hydrogen-bond acceptors (Lipinski definition) is 5. The fourth-order valence-corrected chi connectivity index (χ4v) is 3.67. The molecule has 3 rings (SSSR count). The highest BCUT2D eigenvalue weighted by atomic mass is 16.8. The van der Waals surface area contributed by atoms with E-state index in [-0.39, 0.29) is 5.78 Å². The average molecular weight is 348 g/mol. The normalized spacial score (nSPS) is 30.6. The van der Waals surface area contributed by atoms with Crippen molar-refractivity contribution in [1.29, 1.82) is 0 Å². The molecule has 2 fully saturated rings. The molecule has 2 heterocycles. The summed E-state index contributed by atoms with van der Waals surface area (Å²) >= 11 is 0. The highest BCUT2D eigenvalue weighted by Crippen LogP contribution is 2.46. The third-order valence-electron chi connectivity index (χ3n) is 5.36. The number of carbonyl (C=O) groups excluding carboxylic acids is 1. The van der Waals surface area contributed by atoms with E-state index in [9.17, 15) is 4.79 Å². The summed E-state index contributed by atoms with van der Waals surface area (Å²) in [7, 11) is 1.61. The van der Waals surface area contributed by atoms with Gasteiger partial charge in [0.05, 0.1) is 13.2 Å². The topological polar surface area (TPSA) is 54.0 Å². The maximum atomic E-state index is 12.5. The Kier molecular flexibility index (Phi) is 5.30. The van der Waals surface area contributed by atoms with Crippen LogP contribution in [0.25, 0.3) is 0 Å². The molecule has 0 amide bonds. The Bertz CT molecular complexity index is 591. The number of methoxy groups -OCH3 is 1. The summed E-state index contributed by atoms with van der Waals surface area (Å²) in [4.78, 5) is 12.5. The molecule has 1 aromatic rings. The third kappa shape index (κ3) is 3.51. The zero-order valence-electron chi connectivity index (χ0n) is 15.4. The van der Waals surface area contributed by atoms with E-state index in [0.717, 1.165) is 18.4 Å². The van der Waals surface area contributed by atoms with Crippen molar-refractivity contribution in [2.75, 3.05) is 13.7 Å². The third-order valence-corrected chi connectivity index (χ3v) is 5.36. The molecule has 5 heteroatoms. The van der Waals surface area contributed by atoms with Gasteiger partial charge < -0.3 is 18.9 Å². The van der Waals surface area contributed by atoms with Gasteiger partial charge in [-0.1, -0.05) is 30.3 Å². The molecule has 138 valence electrons. The first-order chi connectivity index (χ1) is 11.9. The lowest BCUT2D eigenvalue weighted by molar-refractivity contribution is -0.403. The molecule has 0 unspecified atom stereocenters. The molecule has 2 aliphatic rings. The SMILES string of the molecule is CO[C@@]1(C(C)(C)OCc2ccccc2)CCC(=O)[C@]2(CCCCO2)O1. The van der Waals surface area contributed by atoms with E-state index in [4.69, 9.17) is 18.9 Å². The lowest BCUT2D eigenvalue weighted by atomic mass is 9.84. The number of ketones is 1. The van der Waals surface area contributed by atoms with Crippen molar-refractivity contribution < 1.29 is 23.7 Å².